The number of hydrogen-bond acceptors (Lipinski definition) is 5. The van der Waals surface area contributed by atoms with Crippen molar-refractivity contribution in [2.45, 2.75) is 155 Å². The van der Waals surface area contributed by atoms with Crippen molar-refractivity contribution in [2.24, 2.45) is 0 Å². The van der Waals surface area contributed by atoms with Crippen LogP contribution in [0, 0.1) is 0 Å². The Morgan fingerprint density at radius 3 is 1.73 bits per heavy atom. The van der Waals surface area contributed by atoms with Gasteiger partial charge in [-0.2, -0.15) is 0 Å². The highest BCUT2D eigenvalue weighted by Crippen LogP contribution is 2.55. The van der Waals surface area contributed by atoms with E-state index in [9.17, 15) is 0 Å². The second-order valence-electron chi connectivity index (χ2n) is 28.7. The molecular formula is C74H75BN2O2S. The summed E-state index contributed by atoms with van der Waals surface area (Å²) in [5, 5.41) is 11.2. The highest BCUT2D eigenvalue weighted by atomic mass is 32.1. The van der Waals surface area contributed by atoms with Gasteiger partial charge in [-0.15, -0.1) is 11.3 Å². The summed E-state index contributed by atoms with van der Waals surface area (Å²) < 4.78 is 16.1. The lowest BCUT2D eigenvalue weighted by Gasteiger charge is -2.42. The maximum Gasteiger partial charge on any atom is 0.200 e. The third-order valence-electron chi connectivity index (χ3n) is 19.4. The van der Waals surface area contributed by atoms with Crippen molar-refractivity contribution >= 4 is 111 Å². The molecule has 80 heavy (non-hydrogen) atoms. The molecule has 8 aromatic carbocycles. The van der Waals surface area contributed by atoms with Crippen LogP contribution < -0.4 is 21.1 Å². The number of fused-ring (bicyclic) bond motifs is 13. The standard InChI is InChI=1S/C74H75BN2O2S/c1-69(2,3)43-24-27-45(28-25-43)76-64-47(29-30-48-50-38-54-56(40-60(50)79-66(48)64)73(11,12)34-32-71(54,7)8)51-37-52-46-22-18-19-23-59(46)78-67(52)65-62(51)75-63-53-39-55-57(74(13,14)35-33-72(55,9)10)41-61(53)80-68(63)77(65)58-31-26-44(70(4,5)6)36-49(58)42-20-16-15-17-21-42/h15-31,36-41,75-76H,32-35H2,1-14H3. The molecule has 4 heterocycles. The molecule has 1 aliphatic heterocycles. The van der Waals surface area contributed by atoms with Crippen molar-refractivity contribution < 1.29 is 8.83 Å². The van der Waals surface area contributed by atoms with Crippen LogP contribution in [0.4, 0.5) is 27.8 Å². The van der Waals surface area contributed by atoms with E-state index in [4.69, 9.17) is 8.83 Å². The van der Waals surface area contributed by atoms with E-state index < -0.39 is 0 Å². The quantitative estimate of drug-likeness (QED) is 0.174. The van der Waals surface area contributed by atoms with E-state index in [1.165, 1.54) is 87.9 Å². The molecule has 0 unspecified atom stereocenters. The van der Waals surface area contributed by atoms with E-state index >= 15 is 0 Å². The van der Waals surface area contributed by atoms with Crippen LogP contribution in [-0.2, 0) is 32.5 Å². The molecule has 6 heteroatoms. The van der Waals surface area contributed by atoms with Gasteiger partial charge in [-0.1, -0.05) is 170 Å². The minimum atomic E-state index is -0.0695. The van der Waals surface area contributed by atoms with Crippen LogP contribution in [0.1, 0.15) is 156 Å². The zero-order chi connectivity index (χ0) is 55.8. The second-order valence-corrected chi connectivity index (χ2v) is 29.7. The van der Waals surface area contributed by atoms with E-state index in [1.807, 2.05) is 11.3 Å². The number of rotatable bonds is 5. The van der Waals surface area contributed by atoms with Gasteiger partial charge >= 0.3 is 0 Å². The maximum atomic E-state index is 7.40. The highest BCUT2D eigenvalue weighted by Gasteiger charge is 2.42. The fourth-order valence-corrected chi connectivity index (χ4v) is 15.3. The maximum absolute atomic E-state index is 7.40. The number of nitrogens with one attached hydrogen (secondary N) is 1. The zero-order valence-corrected chi connectivity index (χ0v) is 50.3. The number of para-hydroxylation sites is 1. The van der Waals surface area contributed by atoms with Crippen molar-refractivity contribution in [1.82, 2.24) is 0 Å². The minimum Gasteiger partial charge on any atom is -0.454 e. The lowest BCUT2D eigenvalue weighted by atomic mass is 9.57. The van der Waals surface area contributed by atoms with Crippen LogP contribution >= 0.6 is 11.3 Å². The van der Waals surface area contributed by atoms with Gasteiger partial charge in [0.2, 0.25) is 7.28 Å². The number of hydrogen-bond donors (Lipinski definition) is 1. The average molecular weight is 1070 g/mol. The number of nitrogens with zero attached hydrogens (tertiary/aromatic N) is 1. The van der Waals surface area contributed by atoms with E-state index in [1.54, 1.807) is 0 Å². The second kappa shape index (κ2) is 17.3. The largest absolute Gasteiger partial charge is 0.454 e. The number of thiophene rings is 1. The van der Waals surface area contributed by atoms with Gasteiger partial charge in [-0.05, 0) is 186 Å². The lowest BCUT2D eigenvalue weighted by molar-refractivity contribution is 0.332. The predicted octanol–water partition coefficient (Wildman–Crippen LogP) is 20.2. The predicted molar refractivity (Wildman–Crippen MR) is 346 cm³/mol. The number of furan rings is 2. The van der Waals surface area contributed by atoms with Crippen molar-refractivity contribution in [3.8, 4) is 22.3 Å². The molecule has 402 valence electrons. The van der Waals surface area contributed by atoms with Gasteiger partial charge in [-0.3, -0.25) is 4.90 Å². The van der Waals surface area contributed by atoms with E-state index in [0.29, 0.717) is 0 Å². The molecule has 0 spiro atoms. The molecule has 0 radical (unpaired) electrons. The molecule has 3 aliphatic rings. The summed E-state index contributed by atoms with van der Waals surface area (Å²) in [5.74, 6) is 0. The van der Waals surface area contributed by atoms with Crippen LogP contribution in [0.2, 0.25) is 0 Å². The van der Waals surface area contributed by atoms with Crippen LogP contribution in [0.3, 0.4) is 0 Å². The first kappa shape index (κ1) is 51.2. The Kier molecular flexibility index (Phi) is 11.0. The molecule has 0 atom stereocenters. The molecule has 2 aliphatic carbocycles. The average Bonchev–Trinajstić information content (AvgIpc) is 4.26. The van der Waals surface area contributed by atoms with E-state index in [0.717, 1.165) is 93.3 Å². The molecule has 0 fully saturated rings. The number of benzene rings is 8. The molecule has 14 rings (SSSR count). The van der Waals surface area contributed by atoms with Crippen molar-refractivity contribution in [1.29, 1.82) is 0 Å². The molecule has 11 aromatic rings. The Bertz CT molecular complexity index is 4380. The first-order valence-electron chi connectivity index (χ1n) is 29.4. The van der Waals surface area contributed by atoms with Crippen LogP contribution in [0.15, 0.2) is 148 Å². The third-order valence-corrected chi connectivity index (χ3v) is 20.6. The van der Waals surface area contributed by atoms with Crippen LogP contribution in [0.5, 0.6) is 0 Å². The summed E-state index contributed by atoms with van der Waals surface area (Å²) in [6.45, 7) is 33.3. The zero-order valence-electron chi connectivity index (χ0n) is 49.5. The van der Waals surface area contributed by atoms with Gasteiger partial charge in [0.05, 0.1) is 22.1 Å². The Hall–Kier alpha value is -7.02. The SMILES string of the molecule is CC(C)(C)c1ccc(Nc2c(-c3cc4c(oc5ccccc54)c4c3Bc3c(sc5cc6c(cc35)C(C)(C)CCC6(C)C)N4c3ccc(C(C)(C)C)cc3-c3ccccc3)ccc3c2oc2cc4c(cc23)C(C)(C)CCC4(C)C)cc1. The van der Waals surface area contributed by atoms with Crippen LogP contribution in [0.25, 0.3) is 76.2 Å². The molecule has 1 N–H and O–H groups in total. The van der Waals surface area contributed by atoms with Crippen molar-refractivity contribution in [3.05, 3.63) is 173 Å². The summed E-state index contributed by atoms with van der Waals surface area (Å²) in [6.07, 6.45) is 4.61. The van der Waals surface area contributed by atoms with E-state index in [-0.39, 0.29) is 32.5 Å². The Morgan fingerprint density at radius 1 is 0.475 bits per heavy atom. The first-order chi connectivity index (χ1) is 37.9. The minimum absolute atomic E-state index is 0.0141. The van der Waals surface area contributed by atoms with Gasteiger partial charge in [0, 0.05) is 43.1 Å². The lowest BCUT2D eigenvalue weighted by Crippen LogP contribution is -2.40. The van der Waals surface area contributed by atoms with Gasteiger partial charge in [0.25, 0.3) is 0 Å². The normalized spacial score (nSPS) is 17.1. The highest BCUT2D eigenvalue weighted by molar-refractivity contribution is 7.25. The summed E-state index contributed by atoms with van der Waals surface area (Å²) in [6, 6.07) is 53.2. The van der Waals surface area contributed by atoms with Crippen molar-refractivity contribution in [2.75, 3.05) is 10.2 Å². The van der Waals surface area contributed by atoms with Crippen LogP contribution in [-0.4, -0.2) is 7.28 Å². The summed E-state index contributed by atoms with van der Waals surface area (Å²) in [5.41, 5.74) is 23.6. The summed E-state index contributed by atoms with van der Waals surface area (Å²) >= 11 is 1.95. The topological polar surface area (TPSA) is 41.6 Å². The summed E-state index contributed by atoms with van der Waals surface area (Å²) in [7, 11) is 0.724. The molecule has 0 saturated heterocycles. The van der Waals surface area contributed by atoms with Gasteiger partial charge < -0.3 is 14.2 Å². The van der Waals surface area contributed by atoms with E-state index in [2.05, 4.69) is 247 Å². The first-order valence-corrected chi connectivity index (χ1v) is 30.2. The molecule has 4 nitrogen and oxygen atoms in total. The fourth-order valence-electron chi connectivity index (χ4n) is 14.1. The monoisotopic (exact) mass is 1070 g/mol. The smallest absolute Gasteiger partial charge is 0.200 e. The molecular weight excluding hydrogens is 992 g/mol. The van der Waals surface area contributed by atoms with Crippen molar-refractivity contribution in [3.63, 3.8) is 0 Å². The Morgan fingerprint density at radius 2 is 1.06 bits per heavy atom. The Labute approximate surface area is 477 Å². The molecule has 0 saturated carbocycles. The van der Waals surface area contributed by atoms with Gasteiger partial charge in [0.15, 0.2) is 11.2 Å². The molecule has 0 amide bonds. The van der Waals surface area contributed by atoms with Gasteiger partial charge in [-0.25, -0.2) is 0 Å². The van der Waals surface area contributed by atoms with Gasteiger partial charge in [0.1, 0.15) is 11.2 Å². The molecule has 0 bridgehead atoms. The number of anilines is 5. The Balaban J connectivity index is 1.11. The third kappa shape index (κ3) is 7.88. The molecule has 3 aromatic heterocycles. The summed E-state index contributed by atoms with van der Waals surface area (Å²) in [4.78, 5) is 2.63. The fraction of sp³-hybridized carbons (Fsp3) is 0.324.